The van der Waals surface area contributed by atoms with E-state index in [0.29, 0.717) is 18.1 Å². The minimum absolute atomic E-state index is 0.000617. The largest absolute Gasteiger partial charge is 0.458 e. The second-order valence-electron chi connectivity index (χ2n) is 15.2. The maximum Gasteiger partial charge on any atom is 0.327 e. The molecule has 2 aliphatic carbocycles. The van der Waals surface area contributed by atoms with Crippen molar-refractivity contribution in [3.05, 3.63) is 113 Å². The fraction of sp³-hybridized carbons (Fsp3) is 0.452. The molecule has 9 unspecified atom stereocenters. The fourth-order valence-corrected chi connectivity index (χ4v) is 9.28. The highest BCUT2D eigenvalue weighted by Gasteiger charge is 2.76. The lowest BCUT2D eigenvalue weighted by Crippen LogP contribution is -2.69. The third kappa shape index (κ3) is 6.15. The molecule has 12 heteroatoms. The van der Waals surface area contributed by atoms with Gasteiger partial charge in [-0.2, -0.15) is 5.06 Å². The highest BCUT2D eigenvalue weighted by molar-refractivity contribution is 5.94. The number of hydrogen-bond acceptors (Lipinski definition) is 10. The summed E-state index contributed by atoms with van der Waals surface area (Å²) >= 11 is 0. The van der Waals surface area contributed by atoms with Gasteiger partial charge in [0.15, 0.2) is 6.04 Å². The summed E-state index contributed by atoms with van der Waals surface area (Å²) in [7, 11) is 0. The maximum atomic E-state index is 14.7. The Hall–Kier alpha value is -4.43. The van der Waals surface area contributed by atoms with Crippen LogP contribution in [0.5, 0.6) is 0 Å². The number of hydrogen-bond donors (Lipinski definition) is 3. The van der Waals surface area contributed by atoms with Crippen LogP contribution in [0.15, 0.2) is 91.0 Å². The molecule has 2 saturated carbocycles. The Morgan fingerprint density at radius 2 is 1.57 bits per heavy atom. The average molecular weight is 736 g/mol. The summed E-state index contributed by atoms with van der Waals surface area (Å²) in [6.45, 7) is 0.171. The average Bonchev–Trinajstić information content (AvgIpc) is 3.72. The molecule has 3 aromatic rings. The van der Waals surface area contributed by atoms with Gasteiger partial charge in [0.25, 0.3) is 0 Å². The molecular formula is C42H45N3O9. The van der Waals surface area contributed by atoms with Gasteiger partial charge in [0.2, 0.25) is 17.6 Å². The number of benzene rings is 3. The summed E-state index contributed by atoms with van der Waals surface area (Å²) in [6, 6.07) is 26.2. The number of esters is 1. The number of nitrogens with one attached hydrogen (secondary N) is 2. The standard InChI is InChI=1S/C42H45N3O9/c46-22-21-43-34(47)19-20-44-40(49)41-24-33-35-36(53-42(52-35,29-11-3-1-4-12-29)30-13-5-2-6-14-30)38(41)54-45(37(41)39(48)51-33)25-28-10-8-7-9-27(28)17-15-26-16-18-31-32(23-26)50-31/h1-15,17,26,31-33,35-38,46H,16,18-25H2,(H,43,47)(H,44,49). The third-order valence-corrected chi connectivity index (χ3v) is 11.9. The SMILES string of the molecule is O=C(CCNC(=O)C12CC3OC(=O)C1N(Cc1ccccc1C=CC1CCC4OC4C1)OC2C1OC(c2ccccc2)(c2ccccc2)OC31)NCCO. The van der Waals surface area contributed by atoms with E-state index in [9.17, 15) is 14.4 Å². The fourth-order valence-electron chi connectivity index (χ4n) is 9.28. The summed E-state index contributed by atoms with van der Waals surface area (Å²) in [5.41, 5.74) is 2.02. The number of hydroxylamine groups is 2. The first-order valence-corrected chi connectivity index (χ1v) is 19.1. The van der Waals surface area contributed by atoms with Crippen LogP contribution in [0.2, 0.25) is 0 Å². The Kier molecular flexibility index (Phi) is 9.36. The van der Waals surface area contributed by atoms with E-state index in [1.807, 2.05) is 84.9 Å². The van der Waals surface area contributed by atoms with Gasteiger partial charge in [0.1, 0.15) is 29.8 Å². The number of carbonyl (C=O) groups is 3. The van der Waals surface area contributed by atoms with Crippen LogP contribution in [-0.4, -0.2) is 90.3 Å². The van der Waals surface area contributed by atoms with E-state index in [2.05, 4.69) is 22.8 Å². The topological polar surface area (TPSA) is 148 Å². The zero-order chi connectivity index (χ0) is 36.9. The van der Waals surface area contributed by atoms with Gasteiger partial charge < -0.3 is 34.7 Å². The van der Waals surface area contributed by atoms with Crippen molar-refractivity contribution < 1.29 is 43.3 Å². The van der Waals surface area contributed by atoms with Crippen LogP contribution in [0.1, 0.15) is 54.4 Å². The number of epoxide rings is 1. The van der Waals surface area contributed by atoms with E-state index >= 15 is 0 Å². The van der Waals surface area contributed by atoms with E-state index in [1.165, 1.54) is 0 Å². The normalized spacial score (nSPS) is 33.1. The van der Waals surface area contributed by atoms with Crippen LogP contribution in [0.25, 0.3) is 6.08 Å². The van der Waals surface area contributed by atoms with Gasteiger partial charge in [-0.1, -0.05) is 97.1 Å². The Balaban J connectivity index is 1.06. The van der Waals surface area contributed by atoms with Crippen LogP contribution in [0.4, 0.5) is 0 Å². The summed E-state index contributed by atoms with van der Waals surface area (Å²) in [4.78, 5) is 48.2. The van der Waals surface area contributed by atoms with E-state index in [1.54, 1.807) is 5.06 Å². The first kappa shape index (κ1) is 35.3. The Morgan fingerprint density at radius 1 is 0.852 bits per heavy atom. The first-order valence-electron chi connectivity index (χ1n) is 19.1. The lowest BCUT2D eigenvalue weighted by atomic mass is 9.62. The Labute approximate surface area is 313 Å². The lowest BCUT2D eigenvalue weighted by Gasteiger charge is -2.48. The summed E-state index contributed by atoms with van der Waals surface area (Å²) in [5.74, 6) is -2.22. The molecule has 2 bridgehead atoms. The predicted molar refractivity (Wildman–Crippen MR) is 194 cm³/mol. The Morgan fingerprint density at radius 3 is 2.31 bits per heavy atom. The molecule has 0 aromatic heterocycles. The molecule has 9 atom stereocenters. The minimum atomic E-state index is -1.41. The molecule has 0 spiro atoms. The molecule has 3 N–H and O–H groups in total. The number of fused-ring (bicyclic) bond motifs is 5. The molecule has 6 aliphatic rings. The molecule has 12 nitrogen and oxygen atoms in total. The van der Waals surface area contributed by atoms with Crippen molar-refractivity contribution >= 4 is 23.9 Å². The van der Waals surface area contributed by atoms with E-state index in [-0.39, 0.29) is 45.0 Å². The monoisotopic (exact) mass is 735 g/mol. The quantitative estimate of drug-likeness (QED) is 0.187. The third-order valence-electron chi connectivity index (χ3n) is 11.9. The van der Waals surface area contributed by atoms with Crippen LogP contribution in [0.3, 0.4) is 0 Å². The lowest BCUT2D eigenvalue weighted by molar-refractivity contribution is -0.213. The zero-order valence-corrected chi connectivity index (χ0v) is 29.9. The molecule has 54 heavy (non-hydrogen) atoms. The molecule has 2 amide bonds. The van der Waals surface area contributed by atoms with Gasteiger partial charge in [-0.3, -0.25) is 19.2 Å². The molecule has 6 fully saturated rings. The minimum Gasteiger partial charge on any atom is -0.458 e. The van der Waals surface area contributed by atoms with Crippen molar-refractivity contribution in [2.45, 2.75) is 87.1 Å². The van der Waals surface area contributed by atoms with Crippen molar-refractivity contribution in [3.63, 3.8) is 0 Å². The number of aliphatic hydroxyl groups is 1. The smallest absolute Gasteiger partial charge is 0.327 e. The Bertz CT molecular complexity index is 1870. The zero-order valence-electron chi connectivity index (χ0n) is 29.9. The summed E-state index contributed by atoms with van der Waals surface area (Å²) in [5, 5.41) is 16.3. The number of rotatable bonds is 12. The number of aliphatic hydroxyl groups excluding tert-OH is 1. The molecule has 4 saturated heterocycles. The van der Waals surface area contributed by atoms with Gasteiger partial charge in [0.05, 0.1) is 25.4 Å². The van der Waals surface area contributed by atoms with E-state index in [0.717, 1.165) is 41.5 Å². The molecule has 282 valence electrons. The number of ether oxygens (including phenoxy) is 4. The number of nitrogens with zero attached hydrogens (tertiary/aromatic N) is 1. The highest BCUT2D eigenvalue weighted by Crippen LogP contribution is 2.59. The van der Waals surface area contributed by atoms with Crippen molar-refractivity contribution in [1.82, 2.24) is 15.7 Å². The molecule has 9 rings (SSSR count). The molecular weight excluding hydrogens is 690 g/mol. The number of amides is 2. The predicted octanol–water partition coefficient (Wildman–Crippen LogP) is 3.37. The number of carbonyl (C=O) groups excluding carboxylic acids is 3. The summed E-state index contributed by atoms with van der Waals surface area (Å²) < 4.78 is 26.0. The highest BCUT2D eigenvalue weighted by atomic mass is 16.8. The molecule has 0 radical (unpaired) electrons. The van der Waals surface area contributed by atoms with Crippen LogP contribution in [0, 0.1) is 11.3 Å². The molecule has 3 aromatic carbocycles. The van der Waals surface area contributed by atoms with Crippen LogP contribution < -0.4 is 10.6 Å². The molecule has 4 heterocycles. The van der Waals surface area contributed by atoms with Gasteiger partial charge in [-0.05, 0) is 36.3 Å². The van der Waals surface area contributed by atoms with Gasteiger partial charge in [0, 0.05) is 37.1 Å². The van der Waals surface area contributed by atoms with Gasteiger partial charge in [-0.15, -0.1) is 0 Å². The van der Waals surface area contributed by atoms with Crippen molar-refractivity contribution in [2.75, 3.05) is 19.7 Å². The van der Waals surface area contributed by atoms with Crippen molar-refractivity contribution in [1.29, 1.82) is 0 Å². The second kappa shape index (κ2) is 14.3. The van der Waals surface area contributed by atoms with Crippen LogP contribution in [-0.2, 0) is 50.5 Å². The second-order valence-corrected chi connectivity index (χ2v) is 15.2. The van der Waals surface area contributed by atoms with Crippen molar-refractivity contribution in [2.24, 2.45) is 11.3 Å². The summed E-state index contributed by atoms with van der Waals surface area (Å²) in [6.07, 6.45) is 5.26. The van der Waals surface area contributed by atoms with E-state index < -0.39 is 53.5 Å². The van der Waals surface area contributed by atoms with E-state index in [4.69, 9.17) is 28.9 Å². The van der Waals surface area contributed by atoms with Crippen molar-refractivity contribution in [3.8, 4) is 0 Å². The van der Waals surface area contributed by atoms with Gasteiger partial charge in [-0.25, -0.2) is 0 Å². The van der Waals surface area contributed by atoms with Crippen LogP contribution >= 0.6 is 0 Å². The maximum absolute atomic E-state index is 14.7. The molecule has 4 aliphatic heterocycles. The number of allylic oxidation sites excluding steroid dienone is 1. The first-order chi connectivity index (χ1) is 26.4. The van der Waals surface area contributed by atoms with Gasteiger partial charge >= 0.3 is 5.97 Å².